The van der Waals surface area contributed by atoms with Gasteiger partial charge in [-0.1, -0.05) is 6.92 Å². The van der Waals surface area contributed by atoms with Gasteiger partial charge in [0.15, 0.2) is 0 Å². The zero-order valence-corrected chi connectivity index (χ0v) is 9.86. The first-order valence-corrected chi connectivity index (χ1v) is 5.42. The van der Waals surface area contributed by atoms with Crippen molar-refractivity contribution in [2.75, 3.05) is 0 Å². The highest BCUT2D eigenvalue weighted by molar-refractivity contribution is 5.28. The molecule has 1 rings (SSSR count). The Morgan fingerprint density at radius 1 is 1.44 bits per heavy atom. The van der Waals surface area contributed by atoms with Crippen molar-refractivity contribution in [1.29, 1.82) is 0 Å². The smallest absolute Gasteiger partial charge is 0.342 e. The molecule has 0 aliphatic heterocycles. The Labute approximate surface area is 94.5 Å². The van der Waals surface area contributed by atoms with Gasteiger partial charge in [-0.05, 0) is 26.2 Å². The number of hydrogen-bond donors (Lipinski definition) is 2. The maximum absolute atomic E-state index is 11.3. The first kappa shape index (κ1) is 12.8. The van der Waals surface area contributed by atoms with Crippen molar-refractivity contribution in [2.45, 2.75) is 39.7 Å². The van der Waals surface area contributed by atoms with Crippen molar-refractivity contribution >= 4 is 0 Å². The second-order valence-electron chi connectivity index (χ2n) is 4.27. The van der Waals surface area contributed by atoms with E-state index in [0.29, 0.717) is 18.6 Å². The largest absolute Gasteiger partial charge is 0.507 e. The summed E-state index contributed by atoms with van der Waals surface area (Å²) < 4.78 is 5.02. The summed E-state index contributed by atoms with van der Waals surface area (Å²) in [6.07, 6.45) is 0.865. The van der Waals surface area contributed by atoms with Gasteiger partial charge >= 0.3 is 5.63 Å². The van der Waals surface area contributed by atoms with Gasteiger partial charge < -0.3 is 14.6 Å². The van der Waals surface area contributed by atoms with E-state index in [-0.39, 0.29) is 23.3 Å². The minimum absolute atomic E-state index is 0.0315. The van der Waals surface area contributed by atoms with E-state index in [4.69, 9.17) is 4.42 Å². The molecule has 0 bridgehead atoms. The maximum Gasteiger partial charge on any atom is 0.342 e. The van der Waals surface area contributed by atoms with Crippen molar-refractivity contribution in [3.63, 3.8) is 0 Å². The molecule has 2 atom stereocenters. The lowest BCUT2D eigenvalue weighted by molar-refractivity contribution is 0.129. The highest BCUT2D eigenvalue weighted by Crippen LogP contribution is 2.17. The quantitative estimate of drug-likeness (QED) is 0.818. The molecule has 0 aliphatic carbocycles. The predicted molar refractivity (Wildman–Crippen MR) is 60.5 cm³/mol. The van der Waals surface area contributed by atoms with E-state index in [2.05, 4.69) is 0 Å². The van der Waals surface area contributed by atoms with E-state index in [1.165, 1.54) is 13.0 Å². The SMILES string of the molecule is Cc1c(O)cc(CCC(C)C(C)O)oc1=O. The summed E-state index contributed by atoms with van der Waals surface area (Å²) in [4.78, 5) is 11.3. The summed E-state index contributed by atoms with van der Waals surface area (Å²) >= 11 is 0. The molecule has 0 fully saturated rings. The second kappa shape index (κ2) is 5.16. The first-order valence-electron chi connectivity index (χ1n) is 5.42. The van der Waals surface area contributed by atoms with Crippen molar-refractivity contribution in [3.05, 3.63) is 27.8 Å². The summed E-state index contributed by atoms with van der Waals surface area (Å²) in [6.45, 7) is 5.17. The van der Waals surface area contributed by atoms with Crippen LogP contribution in [0.4, 0.5) is 0 Å². The van der Waals surface area contributed by atoms with E-state index >= 15 is 0 Å². The third kappa shape index (κ3) is 3.10. The molecule has 0 aromatic carbocycles. The van der Waals surface area contributed by atoms with Crippen molar-refractivity contribution < 1.29 is 14.6 Å². The Morgan fingerprint density at radius 3 is 2.56 bits per heavy atom. The summed E-state index contributed by atoms with van der Waals surface area (Å²) in [5.41, 5.74) is -0.271. The number of aromatic hydroxyl groups is 1. The molecular formula is C12H18O4. The first-order chi connectivity index (χ1) is 7.41. The molecule has 0 radical (unpaired) electrons. The Morgan fingerprint density at radius 2 is 2.06 bits per heavy atom. The van der Waals surface area contributed by atoms with Crippen LogP contribution >= 0.6 is 0 Å². The highest BCUT2D eigenvalue weighted by atomic mass is 16.4. The predicted octanol–water partition coefficient (Wildman–Crippen LogP) is 1.60. The molecule has 90 valence electrons. The lowest BCUT2D eigenvalue weighted by Crippen LogP contribution is -2.14. The fourth-order valence-electron chi connectivity index (χ4n) is 1.32. The van der Waals surface area contributed by atoms with Gasteiger partial charge in [-0.2, -0.15) is 0 Å². The summed E-state index contributed by atoms with van der Waals surface area (Å²) in [7, 11) is 0. The summed E-state index contributed by atoms with van der Waals surface area (Å²) in [6, 6.07) is 1.46. The van der Waals surface area contributed by atoms with Gasteiger partial charge in [-0.3, -0.25) is 0 Å². The van der Waals surface area contributed by atoms with E-state index in [1.807, 2.05) is 6.92 Å². The molecule has 0 aliphatic rings. The normalized spacial score (nSPS) is 14.8. The molecule has 2 unspecified atom stereocenters. The molecule has 1 aromatic rings. The molecule has 1 heterocycles. The molecule has 16 heavy (non-hydrogen) atoms. The van der Waals surface area contributed by atoms with Gasteiger partial charge in [0.1, 0.15) is 11.5 Å². The van der Waals surface area contributed by atoms with Gasteiger partial charge in [0.25, 0.3) is 0 Å². The molecular weight excluding hydrogens is 208 g/mol. The van der Waals surface area contributed by atoms with E-state index in [1.54, 1.807) is 6.92 Å². The van der Waals surface area contributed by atoms with Gasteiger partial charge in [-0.15, -0.1) is 0 Å². The maximum atomic E-state index is 11.3. The number of aliphatic hydroxyl groups excluding tert-OH is 1. The van der Waals surface area contributed by atoms with Gasteiger partial charge in [0.2, 0.25) is 0 Å². The average Bonchev–Trinajstić information content (AvgIpc) is 2.22. The van der Waals surface area contributed by atoms with Crippen LogP contribution in [0, 0.1) is 12.8 Å². The number of hydrogen-bond acceptors (Lipinski definition) is 4. The van der Waals surface area contributed by atoms with E-state index in [9.17, 15) is 15.0 Å². The molecule has 0 saturated carbocycles. The Balaban J connectivity index is 2.72. The zero-order chi connectivity index (χ0) is 12.3. The third-order valence-electron chi connectivity index (χ3n) is 2.88. The van der Waals surface area contributed by atoms with Gasteiger partial charge in [-0.25, -0.2) is 4.79 Å². The highest BCUT2D eigenvalue weighted by Gasteiger charge is 2.11. The number of rotatable bonds is 4. The molecule has 0 amide bonds. The Hall–Kier alpha value is -1.29. The molecule has 4 heteroatoms. The Kier molecular flexibility index (Phi) is 4.12. The van der Waals surface area contributed by atoms with Crippen molar-refractivity contribution in [3.8, 4) is 5.75 Å². The van der Waals surface area contributed by atoms with Crippen LogP contribution in [0.3, 0.4) is 0 Å². The molecule has 2 N–H and O–H groups in total. The van der Waals surface area contributed by atoms with Crippen molar-refractivity contribution in [1.82, 2.24) is 0 Å². The van der Waals surface area contributed by atoms with Gasteiger partial charge in [0, 0.05) is 12.5 Å². The third-order valence-corrected chi connectivity index (χ3v) is 2.88. The van der Waals surface area contributed by atoms with Gasteiger partial charge in [0.05, 0.1) is 11.7 Å². The minimum Gasteiger partial charge on any atom is -0.507 e. The van der Waals surface area contributed by atoms with Crippen LogP contribution in [0.25, 0.3) is 0 Å². The van der Waals surface area contributed by atoms with Crippen LogP contribution < -0.4 is 5.63 Å². The fraction of sp³-hybridized carbons (Fsp3) is 0.583. The standard InChI is InChI=1S/C12H18O4/c1-7(9(3)13)4-5-10-6-11(14)8(2)12(15)16-10/h6-7,9,13-14H,4-5H2,1-3H3. The monoisotopic (exact) mass is 226 g/mol. The van der Waals surface area contributed by atoms with Crippen LogP contribution in [0.1, 0.15) is 31.6 Å². The summed E-state index contributed by atoms with van der Waals surface area (Å²) in [5, 5.41) is 18.8. The zero-order valence-electron chi connectivity index (χ0n) is 9.86. The number of aliphatic hydroxyl groups is 1. The molecule has 0 spiro atoms. The number of aryl methyl sites for hydroxylation is 1. The lowest BCUT2D eigenvalue weighted by atomic mass is 9.99. The van der Waals surface area contributed by atoms with E-state index < -0.39 is 5.63 Å². The van der Waals surface area contributed by atoms with Crippen LogP contribution in [-0.2, 0) is 6.42 Å². The minimum atomic E-state index is -0.500. The fourth-order valence-corrected chi connectivity index (χ4v) is 1.32. The average molecular weight is 226 g/mol. The van der Waals surface area contributed by atoms with E-state index in [0.717, 1.165) is 0 Å². The summed E-state index contributed by atoms with van der Waals surface area (Å²) in [5.74, 6) is 0.560. The molecule has 1 aromatic heterocycles. The lowest BCUT2D eigenvalue weighted by Gasteiger charge is -2.13. The van der Waals surface area contributed by atoms with Crippen LogP contribution in [0.2, 0.25) is 0 Å². The van der Waals surface area contributed by atoms with Crippen LogP contribution in [0.5, 0.6) is 5.75 Å². The topological polar surface area (TPSA) is 70.7 Å². The second-order valence-corrected chi connectivity index (χ2v) is 4.27. The van der Waals surface area contributed by atoms with Crippen molar-refractivity contribution in [2.24, 2.45) is 5.92 Å². The Bertz CT molecular complexity index is 406. The molecule has 0 saturated heterocycles. The van der Waals surface area contributed by atoms with Crippen LogP contribution in [-0.4, -0.2) is 16.3 Å². The van der Waals surface area contributed by atoms with Crippen LogP contribution in [0.15, 0.2) is 15.3 Å². The molecule has 4 nitrogen and oxygen atoms in total.